The van der Waals surface area contributed by atoms with Gasteiger partial charge >= 0.3 is 0 Å². The monoisotopic (exact) mass is 229 g/mol. The van der Waals surface area contributed by atoms with Crippen LogP contribution in [0.1, 0.15) is 39.5 Å². The number of carbonyl (C=O) groups is 1. The highest BCUT2D eigenvalue weighted by Gasteiger charge is 2.25. The molecule has 0 aromatic carbocycles. The van der Waals surface area contributed by atoms with Crippen molar-refractivity contribution in [1.82, 2.24) is 5.32 Å². The molecule has 1 aliphatic rings. The van der Waals surface area contributed by atoms with Gasteiger partial charge in [0.05, 0.1) is 18.1 Å². The SMILES string of the molecule is COC(C)(C)CC(=O)NCC1CCC(O)C1. The van der Waals surface area contributed by atoms with Crippen LogP contribution in [0.2, 0.25) is 0 Å². The molecule has 0 spiro atoms. The van der Waals surface area contributed by atoms with E-state index in [0.717, 1.165) is 19.3 Å². The van der Waals surface area contributed by atoms with E-state index < -0.39 is 5.60 Å². The first kappa shape index (κ1) is 13.5. The summed E-state index contributed by atoms with van der Waals surface area (Å²) in [7, 11) is 1.61. The van der Waals surface area contributed by atoms with Crippen LogP contribution in [0, 0.1) is 5.92 Å². The van der Waals surface area contributed by atoms with Crippen LogP contribution in [0.15, 0.2) is 0 Å². The molecule has 0 aromatic rings. The Morgan fingerprint density at radius 2 is 2.19 bits per heavy atom. The number of amides is 1. The highest BCUT2D eigenvalue weighted by Crippen LogP contribution is 2.24. The maximum absolute atomic E-state index is 11.6. The lowest BCUT2D eigenvalue weighted by molar-refractivity contribution is -0.126. The molecule has 2 N–H and O–H groups in total. The highest BCUT2D eigenvalue weighted by atomic mass is 16.5. The summed E-state index contributed by atoms with van der Waals surface area (Å²) in [4.78, 5) is 11.6. The Labute approximate surface area is 97.4 Å². The number of nitrogens with one attached hydrogen (secondary N) is 1. The predicted octanol–water partition coefficient (Wildman–Crippen LogP) is 1.08. The third-order valence-corrected chi connectivity index (χ3v) is 3.24. The Bertz CT molecular complexity index is 240. The minimum atomic E-state index is -0.403. The zero-order valence-electron chi connectivity index (χ0n) is 10.5. The number of carbonyl (C=O) groups excluding carboxylic acids is 1. The van der Waals surface area contributed by atoms with Gasteiger partial charge in [0.1, 0.15) is 0 Å². The average molecular weight is 229 g/mol. The Kier molecular flexibility index (Phi) is 4.74. The van der Waals surface area contributed by atoms with E-state index in [9.17, 15) is 9.90 Å². The quantitative estimate of drug-likeness (QED) is 0.741. The minimum absolute atomic E-state index is 0.0215. The average Bonchev–Trinajstić information content (AvgIpc) is 2.61. The minimum Gasteiger partial charge on any atom is -0.393 e. The standard InChI is InChI=1S/C12H23NO3/c1-12(2,16-3)7-11(15)13-8-9-4-5-10(14)6-9/h9-10,14H,4-8H2,1-3H3,(H,13,15). The first-order valence-electron chi connectivity index (χ1n) is 5.93. The van der Waals surface area contributed by atoms with Gasteiger partial charge in [-0.05, 0) is 39.0 Å². The van der Waals surface area contributed by atoms with Crippen LogP contribution in [0.3, 0.4) is 0 Å². The van der Waals surface area contributed by atoms with Gasteiger partial charge in [-0.2, -0.15) is 0 Å². The van der Waals surface area contributed by atoms with Gasteiger partial charge in [-0.3, -0.25) is 4.79 Å². The first-order chi connectivity index (χ1) is 7.43. The Morgan fingerprint density at radius 3 is 2.69 bits per heavy atom. The summed E-state index contributed by atoms with van der Waals surface area (Å²) in [6.07, 6.45) is 2.89. The molecule has 1 amide bonds. The fraction of sp³-hybridized carbons (Fsp3) is 0.917. The van der Waals surface area contributed by atoms with E-state index in [-0.39, 0.29) is 12.0 Å². The predicted molar refractivity (Wildman–Crippen MR) is 62.1 cm³/mol. The molecule has 16 heavy (non-hydrogen) atoms. The summed E-state index contributed by atoms with van der Waals surface area (Å²) in [6.45, 7) is 4.47. The molecule has 2 atom stereocenters. The Hall–Kier alpha value is -0.610. The first-order valence-corrected chi connectivity index (χ1v) is 5.93. The molecule has 94 valence electrons. The third-order valence-electron chi connectivity index (χ3n) is 3.24. The van der Waals surface area contributed by atoms with Crippen molar-refractivity contribution in [2.75, 3.05) is 13.7 Å². The molecule has 1 fully saturated rings. The number of hydrogen-bond acceptors (Lipinski definition) is 3. The van der Waals surface area contributed by atoms with Crippen molar-refractivity contribution in [3.63, 3.8) is 0 Å². The van der Waals surface area contributed by atoms with Crippen LogP contribution in [-0.4, -0.2) is 36.4 Å². The number of methoxy groups -OCH3 is 1. The topological polar surface area (TPSA) is 58.6 Å². The molecule has 1 saturated carbocycles. The summed E-state index contributed by atoms with van der Waals surface area (Å²) in [5.74, 6) is 0.456. The lowest BCUT2D eigenvalue weighted by Crippen LogP contribution is -2.35. The van der Waals surface area contributed by atoms with E-state index >= 15 is 0 Å². The van der Waals surface area contributed by atoms with Crippen molar-refractivity contribution in [2.45, 2.75) is 51.2 Å². The second-order valence-electron chi connectivity index (χ2n) is 5.28. The number of aliphatic hydroxyl groups excluding tert-OH is 1. The number of rotatable bonds is 5. The summed E-state index contributed by atoms with van der Waals surface area (Å²) in [5.41, 5.74) is -0.403. The largest absolute Gasteiger partial charge is 0.393 e. The van der Waals surface area contributed by atoms with Gasteiger partial charge in [0, 0.05) is 13.7 Å². The Morgan fingerprint density at radius 1 is 1.50 bits per heavy atom. The van der Waals surface area contributed by atoms with Gasteiger partial charge in [0.2, 0.25) is 5.91 Å². The molecule has 1 rings (SSSR count). The van der Waals surface area contributed by atoms with Crippen LogP contribution in [-0.2, 0) is 9.53 Å². The molecule has 0 heterocycles. The molecule has 4 heteroatoms. The van der Waals surface area contributed by atoms with E-state index in [0.29, 0.717) is 18.9 Å². The van der Waals surface area contributed by atoms with Crippen molar-refractivity contribution in [2.24, 2.45) is 5.92 Å². The molecule has 1 aliphatic carbocycles. The van der Waals surface area contributed by atoms with Gasteiger partial charge in [-0.25, -0.2) is 0 Å². The third kappa shape index (κ3) is 4.49. The number of ether oxygens (including phenoxy) is 1. The van der Waals surface area contributed by atoms with Crippen molar-refractivity contribution in [3.8, 4) is 0 Å². The van der Waals surface area contributed by atoms with E-state index in [2.05, 4.69) is 5.32 Å². The van der Waals surface area contributed by atoms with Crippen LogP contribution >= 0.6 is 0 Å². The van der Waals surface area contributed by atoms with Crippen LogP contribution in [0.5, 0.6) is 0 Å². The van der Waals surface area contributed by atoms with E-state index in [1.807, 2.05) is 13.8 Å². The fourth-order valence-corrected chi connectivity index (χ4v) is 2.01. The van der Waals surface area contributed by atoms with E-state index in [4.69, 9.17) is 4.74 Å². The molecule has 0 radical (unpaired) electrons. The summed E-state index contributed by atoms with van der Waals surface area (Å²) >= 11 is 0. The second-order valence-corrected chi connectivity index (χ2v) is 5.28. The normalized spacial score (nSPS) is 25.8. The lowest BCUT2D eigenvalue weighted by Gasteiger charge is -2.22. The summed E-state index contributed by atoms with van der Waals surface area (Å²) in [6, 6.07) is 0. The van der Waals surface area contributed by atoms with Crippen LogP contribution in [0.25, 0.3) is 0 Å². The van der Waals surface area contributed by atoms with Gasteiger partial charge in [0.15, 0.2) is 0 Å². The van der Waals surface area contributed by atoms with E-state index in [1.165, 1.54) is 0 Å². The van der Waals surface area contributed by atoms with Gasteiger partial charge in [-0.15, -0.1) is 0 Å². The molecular weight excluding hydrogens is 206 g/mol. The molecule has 2 unspecified atom stereocenters. The van der Waals surface area contributed by atoms with Crippen LogP contribution in [0.4, 0.5) is 0 Å². The molecule has 0 aliphatic heterocycles. The van der Waals surface area contributed by atoms with E-state index in [1.54, 1.807) is 7.11 Å². The second kappa shape index (κ2) is 5.64. The molecular formula is C12H23NO3. The zero-order chi connectivity index (χ0) is 12.2. The number of hydrogen-bond donors (Lipinski definition) is 2. The van der Waals surface area contributed by atoms with Crippen molar-refractivity contribution < 1.29 is 14.6 Å². The maximum atomic E-state index is 11.6. The number of aliphatic hydroxyl groups is 1. The fourth-order valence-electron chi connectivity index (χ4n) is 2.01. The smallest absolute Gasteiger partial charge is 0.222 e. The van der Waals surface area contributed by atoms with Crippen LogP contribution < -0.4 is 5.32 Å². The molecule has 4 nitrogen and oxygen atoms in total. The lowest BCUT2D eigenvalue weighted by atomic mass is 10.0. The summed E-state index contributed by atoms with van der Waals surface area (Å²) < 4.78 is 5.20. The molecule has 0 saturated heterocycles. The van der Waals surface area contributed by atoms with Gasteiger partial charge in [-0.1, -0.05) is 0 Å². The van der Waals surface area contributed by atoms with Crippen molar-refractivity contribution in [1.29, 1.82) is 0 Å². The van der Waals surface area contributed by atoms with Crippen molar-refractivity contribution in [3.05, 3.63) is 0 Å². The van der Waals surface area contributed by atoms with Gasteiger partial charge < -0.3 is 15.2 Å². The maximum Gasteiger partial charge on any atom is 0.222 e. The zero-order valence-corrected chi connectivity index (χ0v) is 10.5. The Balaban J connectivity index is 2.20. The molecule has 0 bridgehead atoms. The summed E-state index contributed by atoms with van der Waals surface area (Å²) in [5, 5.41) is 12.3. The van der Waals surface area contributed by atoms with Crippen molar-refractivity contribution >= 4 is 5.91 Å². The van der Waals surface area contributed by atoms with Gasteiger partial charge in [0.25, 0.3) is 0 Å². The highest BCUT2D eigenvalue weighted by molar-refractivity contribution is 5.76. The molecule has 0 aromatic heterocycles.